The normalized spacial score (nSPS) is 16.5. The van der Waals surface area contributed by atoms with Crippen molar-refractivity contribution in [3.63, 3.8) is 0 Å². The van der Waals surface area contributed by atoms with E-state index in [9.17, 15) is 18.0 Å². The van der Waals surface area contributed by atoms with Gasteiger partial charge in [-0.15, -0.1) is 0 Å². The van der Waals surface area contributed by atoms with Crippen molar-refractivity contribution < 1.29 is 22.7 Å². The molecule has 1 aliphatic heterocycles. The Morgan fingerprint density at radius 3 is 2.22 bits per heavy atom. The number of hydrogen-bond donors (Lipinski definition) is 2. The average molecular weight is 397 g/mol. The zero-order valence-electron chi connectivity index (χ0n) is 15.7. The number of amides is 2. The molecular weight excluding hydrogens is 370 g/mol. The third kappa shape index (κ3) is 6.60. The van der Waals surface area contributed by atoms with Crippen LogP contribution in [0.25, 0.3) is 0 Å². The topological polar surface area (TPSA) is 105 Å². The van der Waals surface area contributed by atoms with Crippen LogP contribution < -0.4 is 10.6 Å². The highest BCUT2D eigenvalue weighted by atomic mass is 32.2. The van der Waals surface area contributed by atoms with E-state index < -0.39 is 21.0 Å². The van der Waals surface area contributed by atoms with Crippen molar-refractivity contribution >= 4 is 33.0 Å². The number of anilines is 2. The molecule has 1 aliphatic rings. The highest BCUT2D eigenvalue weighted by molar-refractivity contribution is 7.92. The Bertz CT molecular complexity index is 743. The van der Waals surface area contributed by atoms with Crippen molar-refractivity contribution in [3.05, 3.63) is 24.3 Å². The zero-order chi connectivity index (χ0) is 19.9. The molecule has 2 N–H and O–H groups in total. The van der Waals surface area contributed by atoms with Gasteiger partial charge in [0.15, 0.2) is 9.84 Å². The number of morpholine rings is 1. The molecule has 0 bridgehead atoms. The summed E-state index contributed by atoms with van der Waals surface area (Å²) in [6, 6.07) is 6.58. The molecule has 1 atom stereocenters. The van der Waals surface area contributed by atoms with E-state index in [0.717, 1.165) is 13.1 Å². The first-order valence-corrected chi connectivity index (χ1v) is 10.8. The Morgan fingerprint density at radius 1 is 1.11 bits per heavy atom. The summed E-state index contributed by atoms with van der Waals surface area (Å²) in [5, 5.41) is 4.30. The Labute approximate surface area is 160 Å². The molecule has 1 fully saturated rings. The van der Waals surface area contributed by atoms with Crippen LogP contribution in [0.5, 0.6) is 0 Å². The van der Waals surface area contributed by atoms with Gasteiger partial charge >= 0.3 is 0 Å². The van der Waals surface area contributed by atoms with Gasteiger partial charge in [0, 0.05) is 24.5 Å². The Hall–Kier alpha value is -1.97. The molecule has 0 spiro atoms. The molecule has 0 aromatic heterocycles. The molecule has 0 radical (unpaired) electrons. The number of nitrogens with zero attached hydrogens (tertiary/aromatic N) is 1. The fourth-order valence-electron chi connectivity index (χ4n) is 2.67. The first-order chi connectivity index (χ1) is 12.8. The van der Waals surface area contributed by atoms with Gasteiger partial charge in [-0.05, 0) is 37.6 Å². The van der Waals surface area contributed by atoms with Gasteiger partial charge in [-0.25, -0.2) is 8.42 Å². The minimum atomic E-state index is -3.45. The highest BCUT2D eigenvalue weighted by Crippen LogP contribution is 2.15. The van der Waals surface area contributed by atoms with Crippen molar-refractivity contribution in [2.75, 3.05) is 49.2 Å². The lowest BCUT2D eigenvalue weighted by Crippen LogP contribution is -2.41. The maximum absolute atomic E-state index is 12.1. The van der Waals surface area contributed by atoms with Crippen LogP contribution in [0.3, 0.4) is 0 Å². The molecule has 9 heteroatoms. The number of rotatable bonds is 8. The van der Waals surface area contributed by atoms with Crippen LogP contribution in [0, 0.1) is 0 Å². The van der Waals surface area contributed by atoms with Gasteiger partial charge < -0.3 is 15.4 Å². The van der Waals surface area contributed by atoms with Crippen LogP contribution in [-0.2, 0) is 24.2 Å². The lowest BCUT2D eigenvalue weighted by molar-refractivity contribution is -0.118. The molecule has 27 heavy (non-hydrogen) atoms. The van der Waals surface area contributed by atoms with E-state index in [1.165, 1.54) is 6.92 Å². The van der Waals surface area contributed by atoms with Crippen molar-refractivity contribution in [2.45, 2.75) is 25.5 Å². The van der Waals surface area contributed by atoms with Gasteiger partial charge in [-0.3, -0.25) is 14.5 Å². The van der Waals surface area contributed by atoms with Crippen LogP contribution in [-0.4, -0.2) is 69.0 Å². The van der Waals surface area contributed by atoms with Gasteiger partial charge in [-0.2, -0.15) is 0 Å². The first kappa shape index (κ1) is 21.3. The third-order valence-corrected chi connectivity index (χ3v) is 6.57. The molecule has 2 amide bonds. The Kier molecular flexibility index (Phi) is 7.76. The molecule has 1 unspecified atom stereocenters. The molecule has 150 valence electrons. The predicted molar refractivity (Wildman–Crippen MR) is 105 cm³/mol. The largest absolute Gasteiger partial charge is 0.379 e. The van der Waals surface area contributed by atoms with Gasteiger partial charge in [0.2, 0.25) is 11.8 Å². The summed E-state index contributed by atoms with van der Waals surface area (Å²) < 4.78 is 29.2. The average Bonchev–Trinajstić information content (AvgIpc) is 2.63. The summed E-state index contributed by atoms with van der Waals surface area (Å²) in [5.41, 5.74) is 1.09. The quantitative estimate of drug-likeness (QED) is 0.681. The molecule has 1 aromatic carbocycles. The second-order valence-corrected chi connectivity index (χ2v) is 8.95. The van der Waals surface area contributed by atoms with Crippen LogP contribution in [0.4, 0.5) is 11.4 Å². The molecule has 2 rings (SSSR count). The van der Waals surface area contributed by atoms with E-state index in [2.05, 4.69) is 10.6 Å². The van der Waals surface area contributed by atoms with E-state index in [4.69, 9.17) is 4.74 Å². The predicted octanol–water partition coefficient (Wildman–Crippen LogP) is 1.11. The smallest absolute Gasteiger partial charge is 0.242 e. The number of sulfone groups is 1. The molecular formula is C18H27N3O5S. The van der Waals surface area contributed by atoms with Crippen molar-refractivity contribution in [2.24, 2.45) is 0 Å². The SMILES string of the molecule is CCCS(=O)(=O)C(C)C(=O)Nc1ccc(NC(=O)CN2CCOCC2)cc1. The second kappa shape index (κ2) is 9.82. The fraction of sp³-hybridized carbons (Fsp3) is 0.556. The zero-order valence-corrected chi connectivity index (χ0v) is 16.5. The summed E-state index contributed by atoms with van der Waals surface area (Å²) in [6.07, 6.45) is 0.471. The number of ether oxygens (including phenoxy) is 1. The van der Waals surface area contributed by atoms with Gasteiger partial charge in [0.05, 0.1) is 25.5 Å². The van der Waals surface area contributed by atoms with Crippen LogP contribution in [0.2, 0.25) is 0 Å². The summed E-state index contributed by atoms with van der Waals surface area (Å²) >= 11 is 0. The lowest BCUT2D eigenvalue weighted by atomic mass is 10.2. The molecule has 1 saturated heterocycles. The van der Waals surface area contributed by atoms with E-state index in [1.54, 1.807) is 31.2 Å². The molecule has 8 nitrogen and oxygen atoms in total. The maximum atomic E-state index is 12.1. The standard InChI is InChI=1S/C18H27N3O5S/c1-3-12-27(24,25)14(2)18(23)20-16-6-4-15(5-7-16)19-17(22)13-21-8-10-26-11-9-21/h4-7,14H,3,8-13H2,1-2H3,(H,19,22)(H,20,23). The number of carbonyl (C=O) groups excluding carboxylic acids is 2. The fourth-order valence-corrected chi connectivity index (χ4v) is 3.98. The molecule has 0 saturated carbocycles. The van der Waals surface area contributed by atoms with Crippen molar-refractivity contribution in [3.8, 4) is 0 Å². The number of benzene rings is 1. The maximum Gasteiger partial charge on any atom is 0.242 e. The third-order valence-electron chi connectivity index (χ3n) is 4.30. The highest BCUT2D eigenvalue weighted by Gasteiger charge is 2.27. The van der Waals surface area contributed by atoms with Crippen molar-refractivity contribution in [1.82, 2.24) is 4.90 Å². The summed E-state index contributed by atoms with van der Waals surface area (Å²) in [6.45, 7) is 6.18. The van der Waals surface area contributed by atoms with Gasteiger partial charge in [0.25, 0.3) is 0 Å². The summed E-state index contributed by atoms with van der Waals surface area (Å²) in [4.78, 5) is 26.2. The minimum Gasteiger partial charge on any atom is -0.379 e. The molecule has 1 heterocycles. The second-order valence-electron chi connectivity index (χ2n) is 6.51. The van der Waals surface area contributed by atoms with E-state index in [-0.39, 0.29) is 11.7 Å². The van der Waals surface area contributed by atoms with Crippen LogP contribution in [0.15, 0.2) is 24.3 Å². The van der Waals surface area contributed by atoms with Crippen LogP contribution >= 0.6 is 0 Å². The van der Waals surface area contributed by atoms with E-state index in [0.29, 0.717) is 37.6 Å². The minimum absolute atomic E-state index is 0.0182. The van der Waals surface area contributed by atoms with E-state index in [1.807, 2.05) is 4.90 Å². The molecule has 1 aromatic rings. The Morgan fingerprint density at radius 2 is 1.67 bits per heavy atom. The number of nitrogens with one attached hydrogen (secondary N) is 2. The summed E-state index contributed by atoms with van der Waals surface area (Å²) in [7, 11) is -3.45. The van der Waals surface area contributed by atoms with Crippen LogP contribution in [0.1, 0.15) is 20.3 Å². The Balaban J connectivity index is 1.87. The molecule has 0 aliphatic carbocycles. The first-order valence-electron chi connectivity index (χ1n) is 9.04. The van der Waals surface area contributed by atoms with Crippen molar-refractivity contribution in [1.29, 1.82) is 0 Å². The van der Waals surface area contributed by atoms with E-state index >= 15 is 0 Å². The van der Waals surface area contributed by atoms with Gasteiger partial charge in [0.1, 0.15) is 5.25 Å². The monoisotopic (exact) mass is 397 g/mol. The number of hydrogen-bond acceptors (Lipinski definition) is 6. The summed E-state index contributed by atoms with van der Waals surface area (Å²) in [5.74, 6) is -0.698. The number of carbonyl (C=O) groups is 2. The van der Waals surface area contributed by atoms with Gasteiger partial charge in [-0.1, -0.05) is 6.92 Å². The lowest BCUT2D eigenvalue weighted by Gasteiger charge is -2.25.